The van der Waals surface area contributed by atoms with Gasteiger partial charge in [-0.1, -0.05) is 32.8 Å². The number of thioether (sulfide) groups is 1. The van der Waals surface area contributed by atoms with Crippen molar-refractivity contribution < 1.29 is 0 Å². The van der Waals surface area contributed by atoms with Crippen molar-refractivity contribution in [2.75, 3.05) is 11.6 Å². The Bertz CT molecular complexity index is 435. The van der Waals surface area contributed by atoms with Crippen molar-refractivity contribution in [3.8, 4) is 6.07 Å². The van der Waals surface area contributed by atoms with Crippen LogP contribution in [-0.4, -0.2) is 12.3 Å². The minimum absolute atomic E-state index is 0.406. The van der Waals surface area contributed by atoms with Crippen LogP contribution in [0.3, 0.4) is 0 Å². The third kappa shape index (κ3) is 5.16. The summed E-state index contributed by atoms with van der Waals surface area (Å²) in [5.74, 6) is 0.765. The van der Waals surface area contributed by atoms with Crippen LogP contribution in [0.1, 0.15) is 45.6 Å². The van der Waals surface area contributed by atoms with Crippen LogP contribution in [0.25, 0.3) is 0 Å². The van der Waals surface area contributed by atoms with E-state index in [1.165, 1.54) is 12.8 Å². The highest BCUT2D eigenvalue weighted by Crippen LogP contribution is 2.27. The number of hydrogen-bond donors (Lipinski definition) is 1. The van der Waals surface area contributed by atoms with E-state index in [-0.39, 0.29) is 0 Å². The molecule has 1 rings (SSSR count). The number of anilines is 1. The van der Waals surface area contributed by atoms with E-state index in [0.717, 1.165) is 28.5 Å². The summed E-state index contributed by atoms with van der Waals surface area (Å²) < 4.78 is 0. The molecule has 0 saturated carbocycles. The fourth-order valence-corrected chi connectivity index (χ4v) is 2.68. The number of nitrogens with one attached hydrogen (secondary N) is 1. The molecule has 0 aliphatic carbocycles. The van der Waals surface area contributed by atoms with Gasteiger partial charge in [0.1, 0.15) is 6.07 Å². The average molecular weight is 276 g/mol. The topological polar surface area (TPSA) is 35.8 Å². The Morgan fingerprint density at radius 1 is 1.26 bits per heavy atom. The van der Waals surface area contributed by atoms with Gasteiger partial charge in [0.25, 0.3) is 0 Å². The highest BCUT2D eigenvalue weighted by atomic mass is 32.2. The lowest BCUT2D eigenvalue weighted by atomic mass is 10.0. The van der Waals surface area contributed by atoms with Gasteiger partial charge in [0.2, 0.25) is 0 Å². The second-order valence-corrected chi connectivity index (χ2v) is 6.21. The third-order valence-electron chi connectivity index (χ3n) is 3.18. The van der Waals surface area contributed by atoms with E-state index in [1.807, 2.05) is 24.5 Å². The number of hydrogen-bond acceptors (Lipinski definition) is 3. The van der Waals surface area contributed by atoms with E-state index >= 15 is 0 Å². The van der Waals surface area contributed by atoms with E-state index in [1.54, 1.807) is 11.8 Å². The molecule has 0 spiro atoms. The maximum atomic E-state index is 9.29. The fraction of sp³-hybridized carbons (Fsp3) is 0.562. The summed E-state index contributed by atoms with van der Waals surface area (Å²) >= 11 is 1.62. The number of benzene rings is 1. The van der Waals surface area contributed by atoms with Gasteiger partial charge < -0.3 is 5.32 Å². The quantitative estimate of drug-likeness (QED) is 0.719. The van der Waals surface area contributed by atoms with Crippen molar-refractivity contribution in [1.82, 2.24) is 0 Å². The molecule has 0 saturated heterocycles. The van der Waals surface area contributed by atoms with E-state index in [9.17, 15) is 5.26 Å². The number of nitriles is 1. The van der Waals surface area contributed by atoms with Crippen LogP contribution in [0.4, 0.5) is 5.69 Å². The van der Waals surface area contributed by atoms with Gasteiger partial charge in [-0.3, -0.25) is 0 Å². The smallest absolute Gasteiger partial charge is 0.102 e. The van der Waals surface area contributed by atoms with Gasteiger partial charge in [0, 0.05) is 10.9 Å². The van der Waals surface area contributed by atoms with Gasteiger partial charge in [-0.15, -0.1) is 11.8 Å². The minimum atomic E-state index is 0.406. The van der Waals surface area contributed by atoms with Crippen molar-refractivity contribution in [2.45, 2.75) is 51.0 Å². The Balaban J connectivity index is 2.64. The van der Waals surface area contributed by atoms with E-state index in [0.29, 0.717) is 6.04 Å². The van der Waals surface area contributed by atoms with Gasteiger partial charge in [0.05, 0.1) is 11.3 Å². The van der Waals surface area contributed by atoms with Gasteiger partial charge in [-0.05, 0) is 37.7 Å². The number of nitrogens with zero attached hydrogens (tertiary/aromatic N) is 1. The molecule has 0 amide bonds. The molecule has 0 aliphatic heterocycles. The zero-order valence-corrected chi connectivity index (χ0v) is 13.2. The lowest BCUT2D eigenvalue weighted by molar-refractivity contribution is 0.520. The lowest BCUT2D eigenvalue weighted by Crippen LogP contribution is -2.16. The van der Waals surface area contributed by atoms with Gasteiger partial charge in [0.15, 0.2) is 0 Å². The summed E-state index contributed by atoms with van der Waals surface area (Å²) in [6.07, 6.45) is 5.65. The Labute approximate surface area is 121 Å². The van der Waals surface area contributed by atoms with Crippen LogP contribution >= 0.6 is 11.8 Å². The van der Waals surface area contributed by atoms with Crippen molar-refractivity contribution >= 4 is 17.4 Å². The molecular weight excluding hydrogens is 252 g/mol. The molecule has 1 aromatic rings. The monoisotopic (exact) mass is 276 g/mol. The summed E-state index contributed by atoms with van der Waals surface area (Å²) in [5, 5.41) is 12.8. The molecule has 3 heteroatoms. The van der Waals surface area contributed by atoms with Crippen molar-refractivity contribution in [3.05, 3.63) is 23.8 Å². The number of rotatable bonds is 7. The van der Waals surface area contributed by atoms with E-state index in [2.05, 4.69) is 32.2 Å². The summed E-state index contributed by atoms with van der Waals surface area (Å²) in [5.41, 5.74) is 1.73. The molecule has 1 unspecified atom stereocenters. The van der Waals surface area contributed by atoms with Crippen LogP contribution < -0.4 is 5.32 Å². The zero-order chi connectivity index (χ0) is 14.3. The molecule has 1 N–H and O–H groups in total. The maximum absolute atomic E-state index is 9.29. The Hall–Kier alpha value is -1.14. The highest BCUT2D eigenvalue weighted by molar-refractivity contribution is 7.98. The SMILES string of the molecule is CSc1cccc(NC(C)CCCC(C)C)c1C#N. The van der Waals surface area contributed by atoms with Crippen LogP contribution in [0, 0.1) is 17.2 Å². The maximum Gasteiger partial charge on any atom is 0.102 e. The molecule has 0 radical (unpaired) electrons. The normalized spacial score (nSPS) is 12.2. The van der Waals surface area contributed by atoms with Crippen LogP contribution in [0.2, 0.25) is 0 Å². The van der Waals surface area contributed by atoms with Crippen molar-refractivity contribution in [2.24, 2.45) is 5.92 Å². The second kappa shape index (κ2) is 8.12. The molecule has 0 heterocycles. The highest BCUT2D eigenvalue weighted by Gasteiger charge is 2.09. The van der Waals surface area contributed by atoms with Crippen molar-refractivity contribution in [1.29, 1.82) is 5.26 Å². The molecule has 0 bridgehead atoms. The molecule has 1 aromatic carbocycles. The minimum Gasteiger partial charge on any atom is -0.381 e. The van der Waals surface area contributed by atoms with Gasteiger partial charge in [-0.2, -0.15) is 5.26 Å². The predicted octanol–water partition coefficient (Wildman–Crippen LogP) is 4.91. The molecule has 1 atom stereocenters. The second-order valence-electron chi connectivity index (χ2n) is 5.36. The first-order valence-electron chi connectivity index (χ1n) is 6.92. The summed E-state index contributed by atoms with van der Waals surface area (Å²) in [4.78, 5) is 1.04. The first-order chi connectivity index (χ1) is 9.08. The Morgan fingerprint density at radius 3 is 2.58 bits per heavy atom. The van der Waals surface area contributed by atoms with Crippen LogP contribution in [0.5, 0.6) is 0 Å². The Kier molecular flexibility index (Phi) is 6.80. The molecular formula is C16H24N2S. The summed E-state index contributed by atoms with van der Waals surface area (Å²) in [7, 11) is 0. The summed E-state index contributed by atoms with van der Waals surface area (Å²) in [6, 6.07) is 8.72. The van der Waals surface area contributed by atoms with Gasteiger partial charge in [-0.25, -0.2) is 0 Å². The predicted molar refractivity (Wildman–Crippen MR) is 84.7 cm³/mol. The molecule has 104 valence electrons. The summed E-state index contributed by atoms with van der Waals surface area (Å²) in [6.45, 7) is 6.70. The molecule has 0 aromatic heterocycles. The van der Waals surface area contributed by atoms with Crippen LogP contribution in [0.15, 0.2) is 23.1 Å². The first kappa shape index (κ1) is 15.9. The molecule has 0 fully saturated rings. The molecule has 2 nitrogen and oxygen atoms in total. The van der Waals surface area contributed by atoms with E-state index < -0.39 is 0 Å². The van der Waals surface area contributed by atoms with E-state index in [4.69, 9.17) is 0 Å². The largest absolute Gasteiger partial charge is 0.381 e. The van der Waals surface area contributed by atoms with Gasteiger partial charge >= 0.3 is 0 Å². The Morgan fingerprint density at radius 2 is 2.00 bits per heavy atom. The van der Waals surface area contributed by atoms with Crippen molar-refractivity contribution in [3.63, 3.8) is 0 Å². The zero-order valence-electron chi connectivity index (χ0n) is 12.4. The lowest BCUT2D eigenvalue weighted by Gasteiger charge is -2.17. The standard InChI is InChI=1S/C16H24N2S/c1-12(2)7-5-8-13(3)18-15-9-6-10-16(19-4)14(15)11-17/h6,9-10,12-13,18H,5,7-8H2,1-4H3. The molecule has 19 heavy (non-hydrogen) atoms. The first-order valence-corrected chi connectivity index (χ1v) is 8.14. The average Bonchev–Trinajstić information content (AvgIpc) is 2.37. The third-order valence-corrected chi connectivity index (χ3v) is 3.96. The fourth-order valence-electron chi connectivity index (χ4n) is 2.11. The molecule has 0 aliphatic rings. The van der Waals surface area contributed by atoms with Crippen LogP contribution in [-0.2, 0) is 0 Å².